The maximum atomic E-state index is 8.39. The molecule has 62 valence electrons. The van der Waals surface area contributed by atoms with E-state index in [4.69, 9.17) is 9.84 Å². The van der Waals surface area contributed by atoms with Crippen LogP contribution in [0.4, 0.5) is 0 Å². The average molecular weight is 157 g/mol. The molecular formula is C6H11N3O2. The molecule has 0 aliphatic carbocycles. The van der Waals surface area contributed by atoms with Gasteiger partial charge in [0, 0.05) is 0 Å². The van der Waals surface area contributed by atoms with Gasteiger partial charge in [-0.3, -0.25) is 0 Å². The lowest BCUT2D eigenvalue weighted by Crippen LogP contribution is -2.08. The highest BCUT2D eigenvalue weighted by Gasteiger charge is 1.95. The maximum Gasteiger partial charge on any atom is 0.141 e. The van der Waals surface area contributed by atoms with Crippen molar-refractivity contribution in [2.45, 2.75) is 13.7 Å². The van der Waals surface area contributed by atoms with Crippen molar-refractivity contribution in [3.63, 3.8) is 0 Å². The van der Waals surface area contributed by atoms with E-state index in [2.05, 4.69) is 10.3 Å². The van der Waals surface area contributed by atoms with Gasteiger partial charge in [0.05, 0.1) is 25.1 Å². The number of aliphatic hydroxyl groups is 1. The first-order valence-corrected chi connectivity index (χ1v) is 3.38. The Morgan fingerprint density at radius 3 is 3.09 bits per heavy atom. The molecule has 0 unspecified atom stereocenters. The highest BCUT2D eigenvalue weighted by Crippen LogP contribution is 1.92. The van der Waals surface area contributed by atoms with Gasteiger partial charge >= 0.3 is 0 Å². The van der Waals surface area contributed by atoms with Crippen LogP contribution in [0.5, 0.6) is 0 Å². The molecule has 5 heteroatoms. The van der Waals surface area contributed by atoms with Gasteiger partial charge in [-0.1, -0.05) is 5.21 Å². The summed E-state index contributed by atoms with van der Waals surface area (Å²) in [5.41, 5.74) is 0.947. The predicted octanol–water partition coefficient (Wildman–Crippen LogP) is -0.447. The van der Waals surface area contributed by atoms with Crippen LogP contribution < -0.4 is 0 Å². The Labute approximate surface area is 64.6 Å². The molecule has 0 aliphatic rings. The summed E-state index contributed by atoms with van der Waals surface area (Å²) in [7, 11) is 0. The van der Waals surface area contributed by atoms with Gasteiger partial charge in [-0.15, -0.1) is 5.10 Å². The number of nitrogens with zero attached hydrogens (tertiary/aromatic N) is 3. The largest absolute Gasteiger partial charge is 0.394 e. The fourth-order valence-electron chi connectivity index (χ4n) is 0.652. The Hall–Kier alpha value is -0.940. The van der Waals surface area contributed by atoms with Crippen molar-refractivity contribution in [3.8, 4) is 0 Å². The third-order valence-electron chi connectivity index (χ3n) is 1.26. The van der Waals surface area contributed by atoms with Gasteiger partial charge in [-0.25, -0.2) is 4.68 Å². The Morgan fingerprint density at radius 1 is 1.73 bits per heavy atom. The summed E-state index contributed by atoms with van der Waals surface area (Å²) >= 11 is 0. The number of aryl methyl sites for hydroxylation is 1. The van der Waals surface area contributed by atoms with E-state index in [0.717, 1.165) is 5.69 Å². The van der Waals surface area contributed by atoms with E-state index in [1.54, 1.807) is 10.9 Å². The Morgan fingerprint density at radius 2 is 2.55 bits per heavy atom. The summed E-state index contributed by atoms with van der Waals surface area (Å²) in [6, 6.07) is 0. The zero-order valence-electron chi connectivity index (χ0n) is 6.40. The topological polar surface area (TPSA) is 60.2 Å². The van der Waals surface area contributed by atoms with Crippen molar-refractivity contribution in [1.82, 2.24) is 15.0 Å². The van der Waals surface area contributed by atoms with Gasteiger partial charge in [0.25, 0.3) is 0 Å². The molecule has 0 bridgehead atoms. The number of ether oxygens (including phenoxy) is 1. The molecule has 1 N–H and O–H groups in total. The van der Waals surface area contributed by atoms with Crippen molar-refractivity contribution in [3.05, 3.63) is 11.9 Å². The molecule has 0 fully saturated rings. The SMILES string of the molecule is Cc1cnnn1COCCO. The molecule has 0 spiro atoms. The highest BCUT2D eigenvalue weighted by molar-refractivity contribution is 4.87. The van der Waals surface area contributed by atoms with E-state index >= 15 is 0 Å². The lowest BCUT2D eigenvalue weighted by atomic mass is 10.5. The molecule has 5 nitrogen and oxygen atoms in total. The van der Waals surface area contributed by atoms with Crippen LogP contribution in [0.1, 0.15) is 5.69 Å². The number of rotatable bonds is 4. The number of hydrogen-bond acceptors (Lipinski definition) is 4. The van der Waals surface area contributed by atoms with Crippen LogP contribution in [-0.4, -0.2) is 33.3 Å². The zero-order chi connectivity index (χ0) is 8.10. The number of aliphatic hydroxyl groups excluding tert-OH is 1. The lowest BCUT2D eigenvalue weighted by molar-refractivity contribution is 0.0399. The molecule has 0 aliphatic heterocycles. The van der Waals surface area contributed by atoms with Gasteiger partial charge < -0.3 is 9.84 Å². The minimum absolute atomic E-state index is 0.0355. The minimum Gasteiger partial charge on any atom is -0.394 e. The first kappa shape index (κ1) is 8.16. The van der Waals surface area contributed by atoms with Gasteiger partial charge in [-0.05, 0) is 6.92 Å². The fourth-order valence-corrected chi connectivity index (χ4v) is 0.652. The Bertz CT molecular complexity index is 211. The zero-order valence-corrected chi connectivity index (χ0v) is 6.40. The minimum atomic E-state index is 0.0355. The molecule has 11 heavy (non-hydrogen) atoms. The maximum absolute atomic E-state index is 8.39. The van der Waals surface area contributed by atoms with Crippen LogP contribution in [0.2, 0.25) is 0 Å². The Kier molecular flexibility index (Phi) is 3.00. The second-order valence-electron chi connectivity index (χ2n) is 2.14. The second-order valence-corrected chi connectivity index (χ2v) is 2.14. The van der Waals surface area contributed by atoms with Gasteiger partial charge in [0.2, 0.25) is 0 Å². The molecule has 1 heterocycles. The molecule has 1 rings (SSSR count). The predicted molar refractivity (Wildman–Crippen MR) is 37.8 cm³/mol. The molecule has 0 saturated heterocycles. The van der Waals surface area contributed by atoms with Crippen LogP contribution >= 0.6 is 0 Å². The molecule has 1 aromatic heterocycles. The summed E-state index contributed by atoms with van der Waals surface area (Å²) in [6.07, 6.45) is 1.66. The van der Waals surface area contributed by atoms with Crippen LogP contribution in [-0.2, 0) is 11.5 Å². The van der Waals surface area contributed by atoms with E-state index in [1.807, 2.05) is 6.92 Å². The summed E-state index contributed by atoms with van der Waals surface area (Å²) in [5, 5.41) is 15.8. The van der Waals surface area contributed by atoms with Crippen LogP contribution in [0, 0.1) is 6.92 Å². The van der Waals surface area contributed by atoms with Crippen molar-refractivity contribution >= 4 is 0 Å². The van der Waals surface area contributed by atoms with Gasteiger partial charge in [-0.2, -0.15) is 0 Å². The average Bonchev–Trinajstić information content (AvgIpc) is 2.37. The molecule has 0 radical (unpaired) electrons. The van der Waals surface area contributed by atoms with E-state index in [0.29, 0.717) is 13.3 Å². The normalized spacial score (nSPS) is 10.4. The molecule has 1 aromatic rings. The fraction of sp³-hybridized carbons (Fsp3) is 0.667. The third kappa shape index (κ3) is 2.28. The number of hydrogen-bond donors (Lipinski definition) is 1. The second kappa shape index (κ2) is 4.05. The van der Waals surface area contributed by atoms with Crippen LogP contribution in [0.15, 0.2) is 6.20 Å². The van der Waals surface area contributed by atoms with Crippen molar-refractivity contribution in [2.24, 2.45) is 0 Å². The lowest BCUT2D eigenvalue weighted by Gasteiger charge is -2.02. The third-order valence-corrected chi connectivity index (χ3v) is 1.26. The first-order chi connectivity index (χ1) is 5.34. The van der Waals surface area contributed by atoms with Gasteiger partial charge in [0.15, 0.2) is 0 Å². The smallest absolute Gasteiger partial charge is 0.141 e. The molecule has 0 amide bonds. The quantitative estimate of drug-likeness (QED) is 0.601. The summed E-state index contributed by atoms with van der Waals surface area (Å²) in [4.78, 5) is 0. The van der Waals surface area contributed by atoms with Crippen LogP contribution in [0.25, 0.3) is 0 Å². The Balaban J connectivity index is 2.32. The molecule has 0 aromatic carbocycles. The summed E-state index contributed by atoms with van der Waals surface area (Å²) < 4.78 is 6.64. The van der Waals surface area contributed by atoms with E-state index in [9.17, 15) is 0 Å². The standard InChI is InChI=1S/C6H11N3O2/c1-6-4-7-8-9(6)5-11-3-2-10/h4,10H,2-3,5H2,1H3. The van der Waals surface area contributed by atoms with E-state index in [1.165, 1.54) is 0 Å². The molecular weight excluding hydrogens is 146 g/mol. The monoisotopic (exact) mass is 157 g/mol. The first-order valence-electron chi connectivity index (χ1n) is 3.38. The molecule has 0 saturated carbocycles. The van der Waals surface area contributed by atoms with E-state index < -0.39 is 0 Å². The highest BCUT2D eigenvalue weighted by atomic mass is 16.5. The van der Waals surface area contributed by atoms with Crippen molar-refractivity contribution < 1.29 is 9.84 Å². The van der Waals surface area contributed by atoms with E-state index in [-0.39, 0.29) is 6.61 Å². The summed E-state index contributed by atoms with van der Waals surface area (Å²) in [6.45, 7) is 2.61. The number of aromatic nitrogens is 3. The van der Waals surface area contributed by atoms with Crippen molar-refractivity contribution in [2.75, 3.05) is 13.2 Å². The van der Waals surface area contributed by atoms with Crippen molar-refractivity contribution in [1.29, 1.82) is 0 Å². The summed E-state index contributed by atoms with van der Waals surface area (Å²) in [5.74, 6) is 0. The molecule has 0 atom stereocenters. The van der Waals surface area contributed by atoms with Crippen LogP contribution in [0.3, 0.4) is 0 Å². The van der Waals surface area contributed by atoms with Gasteiger partial charge in [0.1, 0.15) is 6.73 Å².